The van der Waals surface area contributed by atoms with Crippen LogP contribution in [-0.2, 0) is 32.3 Å². The molecule has 13 heteroatoms. The molecular formula is C26H30Cl2F3N3O4S. The average Bonchev–Trinajstić information content (AvgIpc) is 3.35. The Labute approximate surface area is 236 Å². The van der Waals surface area contributed by atoms with Crippen molar-refractivity contribution in [1.29, 1.82) is 0 Å². The van der Waals surface area contributed by atoms with E-state index < -0.39 is 51.9 Å². The highest BCUT2D eigenvalue weighted by Gasteiger charge is 2.36. The third kappa shape index (κ3) is 8.02. The second-order valence-corrected chi connectivity index (χ2v) is 12.2. The number of carbonyl (C=O) groups excluding carboxylic acids is 2. The molecule has 0 saturated heterocycles. The first-order valence-electron chi connectivity index (χ1n) is 12.4. The van der Waals surface area contributed by atoms with E-state index in [1.54, 1.807) is 31.2 Å². The van der Waals surface area contributed by atoms with Crippen molar-refractivity contribution in [3.8, 4) is 0 Å². The highest BCUT2D eigenvalue weighted by molar-refractivity contribution is 7.92. The molecule has 1 atom stereocenters. The van der Waals surface area contributed by atoms with E-state index in [9.17, 15) is 31.2 Å². The van der Waals surface area contributed by atoms with Gasteiger partial charge in [-0.05, 0) is 49.1 Å². The van der Waals surface area contributed by atoms with Crippen molar-refractivity contribution in [1.82, 2.24) is 10.2 Å². The minimum atomic E-state index is -4.77. The number of anilines is 1. The third-order valence-corrected chi connectivity index (χ3v) is 8.42. The molecule has 0 unspecified atom stereocenters. The number of rotatable bonds is 10. The van der Waals surface area contributed by atoms with Crippen LogP contribution in [0.25, 0.3) is 0 Å². The summed E-state index contributed by atoms with van der Waals surface area (Å²) in [6, 6.07) is 7.91. The summed E-state index contributed by atoms with van der Waals surface area (Å²) in [6.45, 7) is 0.713. The fraction of sp³-hybridized carbons (Fsp3) is 0.462. The van der Waals surface area contributed by atoms with Gasteiger partial charge in [-0.2, -0.15) is 13.2 Å². The van der Waals surface area contributed by atoms with E-state index >= 15 is 0 Å². The Hall–Kier alpha value is -2.50. The maximum Gasteiger partial charge on any atom is 0.416 e. The first-order chi connectivity index (χ1) is 18.2. The van der Waals surface area contributed by atoms with Crippen LogP contribution in [0, 0.1) is 0 Å². The van der Waals surface area contributed by atoms with Gasteiger partial charge in [-0.25, -0.2) is 8.42 Å². The molecule has 1 aliphatic rings. The Kier molecular flexibility index (Phi) is 10.2. The Balaban J connectivity index is 2.00. The summed E-state index contributed by atoms with van der Waals surface area (Å²) in [7, 11) is -4.28. The summed E-state index contributed by atoms with van der Waals surface area (Å²) in [5.41, 5.74) is -1.11. The van der Waals surface area contributed by atoms with Gasteiger partial charge in [-0.3, -0.25) is 13.9 Å². The van der Waals surface area contributed by atoms with Gasteiger partial charge in [0.15, 0.2) is 0 Å². The SMILES string of the molecule is CC[C@@H](C(=O)NC1CCCC1)N(Cc1ccccc1Cl)C(=O)CN(c1cc(C(F)(F)F)ccc1Cl)S(C)(=O)=O. The van der Waals surface area contributed by atoms with Crippen LogP contribution in [0.2, 0.25) is 10.0 Å². The molecule has 214 valence electrons. The van der Waals surface area contributed by atoms with Gasteiger partial charge in [0.25, 0.3) is 0 Å². The van der Waals surface area contributed by atoms with Crippen LogP contribution in [0.5, 0.6) is 0 Å². The summed E-state index contributed by atoms with van der Waals surface area (Å²) >= 11 is 12.4. The number of amides is 2. The molecule has 2 aromatic rings. The lowest BCUT2D eigenvalue weighted by Gasteiger charge is -2.33. The Morgan fingerprint density at radius 2 is 1.72 bits per heavy atom. The maximum atomic E-state index is 13.8. The zero-order valence-electron chi connectivity index (χ0n) is 21.5. The van der Waals surface area contributed by atoms with Crippen LogP contribution in [0.3, 0.4) is 0 Å². The van der Waals surface area contributed by atoms with E-state index in [4.69, 9.17) is 23.2 Å². The average molecular weight is 609 g/mol. The van der Waals surface area contributed by atoms with Crippen molar-refractivity contribution in [2.75, 3.05) is 17.1 Å². The lowest BCUT2D eigenvalue weighted by molar-refractivity contribution is -0.140. The molecule has 0 radical (unpaired) electrons. The first kappa shape index (κ1) is 31.0. The predicted molar refractivity (Wildman–Crippen MR) is 145 cm³/mol. The number of hydrogen-bond acceptors (Lipinski definition) is 4. The number of nitrogens with zero attached hydrogens (tertiary/aromatic N) is 2. The second kappa shape index (κ2) is 12.8. The number of halogens is 5. The number of alkyl halides is 3. The molecular weight excluding hydrogens is 578 g/mol. The highest BCUT2D eigenvalue weighted by atomic mass is 35.5. The van der Waals surface area contributed by atoms with Crippen LogP contribution in [-0.4, -0.2) is 50.0 Å². The highest BCUT2D eigenvalue weighted by Crippen LogP contribution is 2.36. The Morgan fingerprint density at radius 1 is 1.08 bits per heavy atom. The third-order valence-electron chi connectivity index (χ3n) is 6.61. The molecule has 1 saturated carbocycles. The van der Waals surface area contributed by atoms with E-state index in [0.29, 0.717) is 21.0 Å². The number of carbonyl (C=O) groups is 2. The van der Waals surface area contributed by atoms with Crippen molar-refractivity contribution in [3.05, 3.63) is 63.6 Å². The van der Waals surface area contributed by atoms with Gasteiger partial charge in [0.2, 0.25) is 21.8 Å². The minimum absolute atomic E-state index is 0.0275. The van der Waals surface area contributed by atoms with Crippen LogP contribution >= 0.6 is 23.2 Å². The molecule has 0 bridgehead atoms. The quantitative estimate of drug-likeness (QED) is 0.378. The second-order valence-electron chi connectivity index (χ2n) is 9.46. The van der Waals surface area contributed by atoms with Crippen molar-refractivity contribution in [2.24, 2.45) is 0 Å². The van der Waals surface area contributed by atoms with E-state index in [2.05, 4.69) is 5.32 Å². The van der Waals surface area contributed by atoms with E-state index in [1.165, 1.54) is 4.90 Å². The van der Waals surface area contributed by atoms with Crippen LogP contribution < -0.4 is 9.62 Å². The van der Waals surface area contributed by atoms with Gasteiger partial charge in [-0.1, -0.05) is 61.2 Å². The number of hydrogen-bond donors (Lipinski definition) is 1. The predicted octanol–water partition coefficient (Wildman–Crippen LogP) is 5.64. The van der Waals surface area contributed by atoms with Gasteiger partial charge in [0.05, 0.1) is 22.5 Å². The van der Waals surface area contributed by atoms with Crippen LogP contribution in [0.15, 0.2) is 42.5 Å². The first-order valence-corrected chi connectivity index (χ1v) is 15.0. The fourth-order valence-electron chi connectivity index (χ4n) is 4.57. The molecule has 0 aliphatic heterocycles. The molecule has 0 spiro atoms. The van der Waals surface area contributed by atoms with Crippen molar-refractivity contribution < 1.29 is 31.2 Å². The van der Waals surface area contributed by atoms with E-state index in [1.807, 2.05) is 0 Å². The summed E-state index contributed by atoms with van der Waals surface area (Å²) in [6.07, 6.45) is -0.214. The fourth-order valence-corrected chi connectivity index (χ4v) is 5.89. The van der Waals surface area contributed by atoms with Gasteiger partial charge in [-0.15, -0.1) is 0 Å². The minimum Gasteiger partial charge on any atom is -0.352 e. The van der Waals surface area contributed by atoms with Crippen molar-refractivity contribution >= 4 is 50.7 Å². The van der Waals surface area contributed by atoms with Crippen molar-refractivity contribution in [3.63, 3.8) is 0 Å². The van der Waals surface area contributed by atoms with Gasteiger partial charge in [0.1, 0.15) is 12.6 Å². The summed E-state index contributed by atoms with van der Waals surface area (Å²) < 4.78 is 66.2. The summed E-state index contributed by atoms with van der Waals surface area (Å²) in [5, 5.41) is 3.02. The molecule has 2 aromatic carbocycles. The Bertz CT molecular complexity index is 1300. The van der Waals surface area contributed by atoms with Gasteiger partial charge < -0.3 is 10.2 Å². The van der Waals surface area contributed by atoms with Crippen LogP contribution in [0.1, 0.15) is 50.2 Å². The Morgan fingerprint density at radius 3 is 2.28 bits per heavy atom. The van der Waals surface area contributed by atoms with Crippen LogP contribution in [0.4, 0.5) is 18.9 Å². The number of benzene rings is 2. The van der Waals surface area contributed by atoms with Gasteiger partial charge >= 0.3 is 6.18 Å². The van der Waals surface area contributed by atoms with Crippen molar-refractivity contribution in [2.45, 2.75) is 63.8 Å². The summed E-state index contributed by atoms with van der Waals surface area (Å²) in [4.78, 5) is 28.3. The standard InChI is InChI=1S/C26H30Cl2F3N3O4S/c1-3-22(25(36)32-19-9-5-6-10-19)33(15-17-8-4-7-11-20(17)27)24(35)16-34(39(2,37)38)23-14-18(26(29,30)31)12-13-21(23)28/h4,7-8,11-14,19,22H,3,5-6,9-10,15-16H2,1-2H3,(H,32,36)/t22-/m0/s1. The lowest BCUT2D eigenvalue weighted by Crippen LogP contribution is -2.53. The zero-order valence-corrected chi connectivity index (χ0v) is 23.8. The molecule has 1 fully saturated rings. The summed E-state index contributed by atoms with van der Waals surface area (Å²) in [5.74, 6) is -1.20. The lowest BCUT2D eigenvalue weighted by atomic mass is 10.1. The number of sulfonamides is 1. The molecule has 0 heterocycles. The van der Waals surface area contributed by atoms with E-state index in [0.717, 1.165) is 44.1 Å². The molecule has 0 aromatic heterocycles. The topological polar surface area (TPSA) is 86.8 Å². The smallest absolute Gasteiger partial charge is 0.352 e. The molecule has 7 nitrogen and oxygen atoms in total. The molecule has 1 aliphatic carbocycles. The van der Waals surface area contributed by atoms with Gasteiger partial charge in [0, 0.05) is 17.6 Å². The largest absolute Gasteiger partial charge is 0.416 e. The molecule has 2 amide bonds. The molecule has 3 rings (SSSR count). The number of nitrogens with one attached hydrogen (secondary N) is 1. The molecule has 39 heavy (non-hydrogen) atoms. The zero-order chi connectivity index (χ0) is 29.0. The normalized spacial score (nSPS) is 15.2. The van der Waals surface area contributed by atoms with E-state index in [-0.39, 0.29) is 24.0 Å². The monoisotopic (exact) mass is 607 g/mol. The maximum absolute atomic E-state index is 13.8. The molecule has 1 N–H and O–H groups in total.